The van der Waals surface area contributed by atoms with Crippen molar-refractivity contribution in [2.75, 3.05) is 11.9 Å². The zero-order chi connectivity index (χ0) is 17.9. The lowest BCUT2D eigenvalue weighted by Gasteiger charge is -2.54. The normalized spacial score (nSPS) is 35.5. The fourth-order valence-electron chi connectivity index (χ4n) is 5.98. The second-order valence-electron chi connectivity index (χ2n) is 8.57. The molecular formula is C19H23F2N2O3+. The van der Waals surface area contributed by atoms with Crippen LogP contribution < -0.4 is 20.1 Å². The van der Waals surface area contributed by atoms with Crippen molar-refractivity contribution in [1.82, 2.24) is 0 Å². The topological polar surface area (TPSA) is 64.2 Å². The summed E-state index contributed by atoms with van der Waals surface area (Å²) >= 11 is 0. The molecule has 4 saturated carbocycles. The van der Waals surface area contributed by atoms with E-state index in [9.17, 15) is 13.6 Å². The Morgan fingerprint density at radius 1 is 1.08 bits per heavy atom. The molecule has 1 aliphatic heterocycles. The molecule has 0 spiro atoms. The summed E-state index contributed by atoms with van der Waals surface area (Å²) < 4.78 is 34.9. The smallest absolute Gasteiger partial charge is 0.395 e. The molecule has 1 heterocycles. The lowest BCUT2D eigenvalue weighted by molar-refractivity contribution is -0.729. The van der Waals surface area contributed by atoms with Crippen molar-refractivity contribution in [3.8, 4) is 11.5 Å². The van der Waals surface area contributed by atoms with Crippen molar-refractivity contribution in [3.05, 3.63) is 18.2 Å². The van der Waals surface area contributed by atoms with Gasteiger partial charge in [0.15, 0.2) is 18.0 Å². The van der Waals surface area contributed by atoms with Gasteiger partial charge in [-0.25, -0.2) is 0 Å². The minimum atomic E-state index is -3.64. The standard InChI is InChI=1S/C19H22F2N2O3/c20-19(21)25-15-2-1-14(6-16(15)26-19)23-17(24)10-22-18-7-11-3-12(8-18)5-13(4-11)9-18/h1-2,6,11-13,22H,3-5,7-10H2,(H,23,24)/p+1. The molecule has 0 radical (unpaired) electrons. The number of hydrogen-bond donors (Lipinski definition) is 2. The zero-order valence-corrected chi connectivity index (χ0v) is 14.5. The first-order chi connectivity index (χ1) is 12.4. The summed E-state index contributed by atoms with van der Waals surface area (Å²) in [4.78, 5) is 12.4. The van der Waals surface area contributed by atoms with Crippen molar-refractivity contribution in [2.45, 2.75) is 50.4 Å². The summed E-state index contributed by atoms with van der Waals surface area (Å²) in [7, 11) is 0. The van der Waals surface area contributed by atoms with Gasteiger partial charge in [-0.2, -0.15) is 0 Å². The Morgan fingerprint density at radius 2 is 1.69 bits per heavy atom. The van der Waals surface area contributed by atoms with Gasteiger partial charge in [-0.1, -0.05) is 0 Å². The average Bonchev–Trinajstić information content (AvgIpc) is 2.85. The maximum atomic E-state index is 13.1. The Kier molecular flexibility index (Phi) is 3.48. The number of nitrogens with two attached hydrogens (primary N) is 1. The quantitative estimate of drug-likeness (QED) is 0.862. The van der Waals surface area contributed by atoms with Crippen LogP contribution in [0.2, 0.25) is 0 Å². The summed E-state index contributed by atoms with van der Waals surface area (Å²) in [6.07, 6.45) is 4.17. The highest BCUT2D eigenvalue weighted by Gasteiger charge is 2.53. The van der Waals surface area contributed by atoms with Crippen LogP contribution in [0.3, 0.4) is 0 Å². The number of amides is 1. The monoisotopic (exact) mass is 365 g/mol. The molecule has 1 aromatic rings. The van der Waals surface area contributed by atoms with E-state index >= 15 is 0 Å². The molecule has 0 unspecified atom stereocenters. The van der Waals surface area contributed by atoms with Gasteiger partial charge in [0.05, 0.1) is 5.54 Å². The summed E-state index contributed by atoms with van der Waals surface area (Å²) in [5.41, 5.74) is 0.678. The van der Waals surface area contributed by atoms with E-state index in [0.717, 1.165) is 17.8 Å². The Labute approximate surface area is 150 Å². The number of carbonyl (C=O) groups excluding carboxylic acids is 1. The van der Waals surface area contributed by atoms with E-state index in [2.05, 4.69) is 20.1 Å². The summed E-state index contributed by atoms with van der Waals surface area (Å²) in [6, 6.07) is 4.31. The van der Waals surface area contributed by atoms with Gasteiger partial charge >= 0.3 is 6.29 Å². The molecular weight excluding hydrogens is 342 g/mol. The molecule has 4 fully saturated rings. The van der Waals surface area contributed by atoms with Crippen molar-refractivity contribution in [3.63, 3.8) is 0 Å². The highest BCUT2D eigenvalue weighted by molar-refractivity contribution is 5.91. The van der Waals surface area contributed by atoms with Crippen LogP contribution >= 0.6 is 0 Å². The third kappa shape index (κ3) is 2.92. The number of anilines is 1. The highest BCUT2D eigenvalue weighted by atomic mass is 19.3. The van der Waals surface area contributed by atoms with Crippen LogP contribution in [0.1, 0.15) is 38.5 Å². The Hall–Kier alpha value is -1.89. The second kappa shape index (κ2) is 5.55. The molecule has 3 N–H and O–H groups in total. The van der Waals surface area contributed by atoms with Crippen LogP contribution in [0.5, 0.6) is 11.5 Å². The number of rotatable bonds is 4. The third-order valence-electron chi connectivity index (χ3n) is 6.49. The van der Waals surface area contributed by atoms with Gasteiger partial charge in [-0.3, -0.25) is 4.79 Å². The van der Waals surface area contributed by atoms with Gasteiger partial charge in [0, 0.05) is 31.0 Å². The first-order valence-electron chi connectivity index (χ1n) is 9.42. The lowest BCUT2D eigenvalue weighted by Crippen LogP contribution is -3.00. The minimum Gasteiger partial charge on any atom is -0.395 e. The number of alkyl halides is 2. The molecule has 7 heteroatoms. The van der Waals surface area contributed by atoms with Gasteiger partial charge in [0.1, 0.15) is 0 Å². The summed E-state index contributed by atoms with van der Waals surface area (Å²) in [5.74, 6) is 2.33. The number of fused-ring (bicyclic) bond motifs is 1. The third-order valence-corrected chi connectivity index (χ3v) is 6.49. The van der Waals surface area contributed by atoms with Crippen molar-refractivity contribution in [2.24, 2.45) is 17.8 Å². The average molecular weight is 365 g/mol. The van der Waals surface area contributed by atoms with Gasteiger partial charge in [-0.15, -0.1) is 8.78 Å². The largest absolute Gasteiger partial charge is 0.586 e. The van der Waals surface area contributed by atoms with Gasteiger partial charge in [0.25, 0.3) is 5.91 Å². The summed E-state index contributed by atoms with van der Waals surface area (Å²) in [5, 5.41) is 5.01. The molecule has 140 valence electrons. The lowest BCUT2D eigenvalue weighted by atomic mass is 9.53. The first-order valence-corrected chi connectivity index (χ1v) is 9.42. The number of nitrogens with one attached hydrogen (secondary N) is 1. The molecule has 6 rings (SSSR count). The van der Waals surface area contributed by atoms with E-state index in [1.807, 2.05) is 0 Å². The number of halogens is 2. The first kappa shape index (κ1) is 16.3. The van der Waals surface area contributed by atoms with E-state index in [0.29, 0.717) is 12.2 Å². The molecule has 26 heavy (non-hydrogen) atoms. The van der Waals surface area contributed by atoms with E-state index in [4.69, 9.17) is 0 Å². The highest BCUT2D eigenvalue weighted by Crippen LogP contribution is 2.54. The molecule has 5 nitrogen and oxygen atoms in total. The fourth-order valence-corrected chi connectivity index (χ4v) is 5.98. The van der Waals surface area contributed by atoms with Gasteiger partial charge in [0.2, 0.25) is 0 Å². The molecule has 1 amide bonds. The molecule has 1 aromatic carbocycles. The van der Waals surface area contributed by atoms with Crippen LogP contribution in [-0.4, -0.2) is 24.3 Å². The van der Waals surface area contributed by atoms with E-state index < -0.39 is 6.29 Å². The minimum absolute atomic E-state index is 0.0203. The summed E-state index contributed by atoms with van der Waals surface area (Å²) in [6.45, 7) is 0.358. The molecule has 4 aliphatic carbocycles. The SMILES string of the molecule is O=C(C[NH2+]C12CC3CC(CC(C3)C1)C2)Nc1ccc2c(c1)OC(F)(F)O2. The van der Waals surface area contributed by atoms with Crippen LogP contribution in [-0.2, 0) is 4.79 Å². The van der Waals surface area contributed by atoms with Crippen LogP contribution in [0.25, 0.3) is 0 Å². The molecule has 0 saturated heterocycles. The number of carbonyl (C=O) groups is 1. The predicted octanol–water partition coefficient (Wildman–Crippen LogP) is 2.48. The number of hydrogen-bond acceptors (Lipinski definition) is 3. The van der Waals surface area contributed by atoms with Crippen molar-refractivity contribution < 1.29 is 28.4 Å². The molecule has 4 bridgehead atoms. The molecule has 0 aromatic heterocycles. The Bertz CT molecular complexity index is 717. The van der Waals surface area contributed by atoms with Gasteiger partial charge in [-0.05, 0) is 49.1 Å². The Morgan fingerprint density at radius 3 is 2.35 bits per heavy atom. The van der Waals surface area contributed by atoms with E-state index in [-0.39, 0.29) is 22.9 Å². The van der Waals surface area contributed by atoms with Crippen molar-refractivity contribution in [1.29, 1.82) is 0 Å². The van der Waals surface area contributed by atoms with Gasteiger partial charge < -0.3 is 20.1 Å². The zero-order valence-electron chi connectivity index (χ0n) is 14.5. The van der Waals surface area contributed by atoms with E-state index in [1.165, 1.54) is 50.7 Å². The molecule has 0 atom stereocenters. The number of benzene rings is 1. The maximum absolute atomic E-state index is 13.1. The van der Waals surface area contributed by atoms with Crippen molar-refractivity contribution >= 4 is 11.6 Å². The molecule has 5 aliphatic rings. The number of quaternary nitrogens is 1. The second-order valence-corrected chi connectivity index (χ2v) is 8.57. The van der Waals surface area contributed by atoms with E-state index in [1.54, 1.807) is 6.07 Å². The fraction of sp³-hybridized carbons (Fsp3) is 0.632. The number of ether oxygens (including phenoxy) is 2. The van der Waals surface area contributed by atoms with Crippen LogP contribution in [0.15, 0.2) is 18.2 Å². The predicted molar refractivity (Wildman–Crippen MR) is 89.0 cm³/mol. The van der Waals surface area contributed by atoms with Crippen LogP contribution in [0, 0.1) is 17.8 Å². The Balaban J connectivity index is 1.20. The maximum Gasteiger partial charge on any atom is 0.586 e. The van der Waals surface area contributed by atoms with Crippen LogP contribution in [0.4, 0.5) is 14.5 Å².